The molecule has 1 aliphatic rings. The first kappa shape index (κ1) is 18.5. The van der Waals surface area contributed by atoms with Gasteiger partial charge in [-0.3, -0.25) is 9.98 Å². The smallest absolute Gasteiger partial charge is 0.167 e. The van der Waals surface area contributed by atoms with E-state index >= 15 is 0 Å². The Morgan fingerprint density at radius 1 is 1.23 bits per heavy atom. The van der Waals surface area contributed by atoms with Crippen molar-refractivity contribution in [1.82, 2.24) is 24.2 Å². The molecule has 5 rings (SSSR count). The molecule has 3 aromatic heterocycles. The van der Waals surface area contributed by atoms with Crippen LogP contribution in [0.4, 0.5) is 11.5 Å². The molecule has 0 amide bonds. The molecule has 0 spiro atoms. The third-order valence-corrected chi connectivity index (χ3v) is 5.25. The number of rotatable bonds is 4. The van der Waals surface area contributed by atoms with E-state index in [-0.39, 0.29) is 12.0 Å². The number of aliphatic hydroxyl groups excluding tert-OH is 2. The standard InChI is InChI=1S/C19H19N7O4/c20-16-10-3-1-2-4-12(10)26(29)6-11(16)24-18-17-19(22-8-21-18)25(9-23-17)15-5-13(28)14(7-27)30-15/h1-4,6,8-9,13-15,20,27-29H,5,7H2,(H,21,22,24)/t13-,14+,15+/m0/s1. The third-order valence-electron chi connectivity index (χ3n) is 5.25. The summed E-state index contributed by atoms with van der Waals surface area (Å²) < 4.78 is 8.32. The first-order valence-corrected chi connectivity index (χ1v) is 9.34. The Hall–Kier alpha value is -3.54. The van der Waals surface area contributed by atoms with Crippen LogP contribution in [0.2, 0.25) is 0 Å². The Morgan fingerprint density at radius 3 is 2.87 bits per heavy atom. The number of nitrogens with zero attached hydrogens (tertiary/aromatic N) is 5. The number of hydrogen-bond acceptors (Lipinski definition) is 9. The van der Waals surface area contributed by atoms with Gasteiger partial charge in [-0.05, 0) is 6.07 Å². The van der Waals surface area contributed by atoms with Crippen molar-refractivity contribution in [3.05, 3.63) is 48.5 Å². The summed E-state index contributed by atoms with van der Waals surface area (Å²) in [7, 11) is 0. The van der Waals surface area contributed by atoms with Crippen LogP contribution in [0.15, 0.2) is 43.1 Å². The molecule has 30 heavy (non-hydrogen) atoms. The van der Waals surface area contributed by atoms with Crippen molar-refractivity contribution in [3.63, 3.8) is 0 Å². The van der Waals surface area contributed by atoms with Crippen LogP contribution >= 0.6 is 0 Å². The van der Waals surface area contributed by atoms with Gasteiger partial charge < -0.3 is 25.5 Å². The summed E-state index contributed by atoms with van der Waals surface area (Å²) in [5.41, 5.74) is 1.78. The lowest BCUT2D eigenvalue weighted by Gasteiger charge is -2.14. The van der Waals surface area contributed by atoms with E-state index in [1.807, 2.05) is 0 Å². The molecule has 11 heteroatoms. The number of fused-ring (bicyclic) bond motifs is 2. The lowest BCUT2D eigenvalue weighted by Crippen LogP contribution is -2.24. The molecule has 0 bridgehead atoms. The molecular formula is C19H19N7O4. The lowest BCUT2D eigenvalue weighted by molar-refractivity contribution is -0.0432. The molecule has 5 N–H and O–H groups in total. The maximum absolute atomic E-state index is 10.3. The van der Waals surface area contributed by atoms with Gasteiger partial charge in [0.2, 0.25) is 0 Å². The van der Waals surface area contributed by atoms with Crippen molar-refractivity contribution in [2.75, 3.05) is 11.9 Å². The molecule has 1 saturated heterocycles. The fraction of sp³-hybridized carbons (Fsp3) is 0.263. The van der Waals surface area contributed by atoms with Gasteiger partial charge in [0.25, 0.3) is 0 Å². The number of anilines is 2. The average molecular weight is 409 g/mol. The minimum absolute atomic E-state index is 0.204. The Balaban J connectivity index is 1.54. The number of aromatic nitrogens is 5. The van der Waals surface area contributed by atoms with Crippen LogP contribution in [0.25, 0.3) is 22.1 Å². The van der Waals surface area contributed by atoms with Crippen LogP contribution in [-0.2, 0) is 4.74 Å². The van der Waals surface area contributed by atoms with Crippen LogP contribution in [-0.4, -0.2) is 58.5 Å². The second-order valence-corrected chi connectivity index (χ2v) is 7.07. The number of benzene rings is 1. The van der Waals surface area contributed by atoms with E-state index in [0.717, 1.165) is 4.73 Å². The molecule has 1 aliphatic heterocycles. The fourth-order valence-corrected chi connectivity index (χ4v) is 3.71. The number of hydrogen-bond donors (Lipinski definition) is 5. The van der Waals surface area contributed by atoms with E-state index in [9.17, 15) is 15.4 Å². The maximum atomic E-state index is 10.3. The highest BCUT2D eigenvalue weighted by molar-refractivity contribution is 5.87. The zero-order valence-corrected chi connectivity index (χ0v) is 15.7. The topological polar surface area (TPSA) is 154 Å². The Bertz CT molecular complexity index is 1300. The number of para-hydroxylation sites is 1. The monoisotopic (exact) mass is 409 g/mol. The number of pyridine rings is 1. The van der Waals surface area contributed by atoms with Crippen molar-refractivity contribution in [2.24, 2.45) is 0 Å². The second-order valence-electron chi connectivity index (χ2n) is 7.07. The van der Waals surface area contributed by atoms with Gasteiger partial charge >= 0.3 is 0 Å². The van der Waals surface area contributed by atoms with Gasteiger partial charge in [0.1, 0.15) is 18.7 Å². The molecule has 1 aromatic carbocycles. The van der Waals surface area contributed by atoms with Crippen LogP contribution in [0.1, 0.15) is 12.6 Å². The van der Waals surface area contributed by atoms with Gasteiger partial charge in [-0.25, -0.2) is 15.0 Å². The minimum atomic E-state index is -0.777. The molecule has 0 unspecified atom stereocenters. The van der Waals surface area contributed by atoms with Gasteiger partial charge in [-0.15, -0.1) is 0 Å². The second kappa shape index (κ2) is 7.06. The molecule has 1 fully saturated rings. The highest BCUT2D eigenvalue weighted by Crippen LogP contribution is 2.32. The largest absolute Gasteiger partial charge is 0.428 e. The van der Waals surface area contributed by atoms with E-state index in [1.54, 1.807) is 28.8 Å². The fourth-order valence-electron chi connectivity index (χ4n) is 3.71. The average Bonchev–Trinajstić information content (AvgIpc) is 3.35. The Morgan fingerprint density at radius 2 is 2.07 bits per heavy atom. The lowest BCUT2D eigenvalue weighted by atomic mass is 10.2. The maximum Gasteiger partial charge on any atom is 0.167 e. The number of ether oxygens (including phenoxy) is 1. The molecule has 0 radical (unpaired) electrons. The van der Waals surface area contributed by atoms with Gasteiger partial charge in [-0.1, -0.05) is 18.2 Å². The van der Waals surface area contributed by atoms with Gasteiger partial charge in [0.15, 0.2) is 17.0 Å². The van der Waals surface area contributed by atoms with Crippen LogP contribution in [0.5, 0.6) is 0 Å². The van der Waals surface area contributed by atoms with Crippen molar-refractivity contribution in [3.8, 4) is 0 Å². The minimum Gasteiger partial charge on any atom is -0.428 e. The summed E-state index contributed by atoms with van der Waals surface area (Å²) >= 11 is 0. The summed E-state index contributed by atoms with van der Waals surface area (Å²) in [5.74, 6) is 0.361. The molecule has 11 nitrogen and oxygen atoms in total. The Kier molecular flexibility index (Phi) is 4.35. The summed E-state index contributed by atoms with van der Waals surface area (Å²) in [6.45, 7) is -0.276. The molecule has 0 aliphatic carbocycles. The van der Waals surface area contributed by atoms with Crippen LogP contribution in [0.3, 0.4) is 0 Å². The van der Waals surface area contributed by atoms with Gasteiger partial charge in [0.05, 0.1) is 41.8 Å². The van der Waals surface area contributed by atoms with Crippen molar-refractivity contribution in [1.29, 1.82) is 5.41 Å². The van der Waals surface area contributed by atoms with Crippen LogP contribution in [0, 0.1) is 5.41 Å². The summed E-state index contributed by atoms with van der Waals surface area (Å²) in [5, 5.41) is 41.9. The van der Waals surface area contributed by atoms with E-state index in [0.29, 0.717) is 40.0 Å². The predicted molar refractivity (Wildman–Crippen MR) is 105 cm³/mol. The van der Waals surface area contributed by atoms with Gasteiger partial charge in [-0.2, -0.15) is 4.73 Å². The van der Waals surface area contributed by atoms with Crippen molar-refractivity contribution < 1.29 is 20.2 Å². The van der Waals surface area contributed by atoms with Crippen molar-refractivity contribution >= 4 is 33.6 Å². The highest BCUT2D eigenvalue weighted by atomic mass is 16.5. The quantitative estimate of drug-likeness (QED) is 0.311. The molecule has 4 aromatic rings. The first-order valence-electron chi connectivity index (χ1n) is 9.34. The molecule has 0 saturated carbocycles. The molecule has 3 atom stereocenters. The molecular weight excluding hydrogens is 390 g/mol. The summed E-state index contributed by atoms with van der Waals surface area (Å²) in [6.07, 6.45) is 2.64. The highest BCUT2D eigenvalue weighted by Gasteiger charge is 2.35. The van der Waals surface area contributed by atoms with Crippen LogP contribution < -0.4 is 10.7 Å². The van der Waals surface area contributed by atoms with Crippen molar-refractivity contribution in [2.45, 2.75) is 24.9 Å². The van der Waals surface area contributed by atoms with E-state index in [4.69, 9.17) is 10.1 Å². The normalized spacial score (nSPS) is 21.5. The zero-order chi connectivity index (χ0) is 20.8. The van der Waals surface area contributed by atoms with E-state index in [2.05, 4.69) is 20.3 Å². The Labute approximate surface area is 169 Å². The summed E-state index contributed by atoms with van der Waals surface area (Å²) in [6, 6.07) is 7.05. The number of aliphatic hydroxyl groups is 2. The predicted octanol–water partition coefficient (Wildman–Crippen LogP) is 0.882. The van der Waals surface area contributed by atoms with E-state index in [1.165, 1.54) is 18.9 Å². The number of imidazole rings is 1. The van der Waals surface area contributed by atoms with E-state index < -0.39 is 18.4 Å². The summed E-state index contributed by atoms with van der Waals surface area (Å²) in [4.78, 5) is 12.9. The molecule has 4 heterocycles. The van der Waals surface area contributed by atoms with Gasteiger partial charge in [0, 0.05) is 11.8 Å². The zero-order valence-electron chi connectivity index (χ0n) is 15.7. The molecule has 154 valence electrons. The number of nitrogens with one attached hydrogen (secondary N) is 2. The SMILES string of the molecule is N=c1c(Nc2ncnc3c2ncn3[C@H]2C[C@H](O)[C@@H](CO)O2)cn(O)c2ccccc12. The third kappa shape index (κ3) is 2.87. The first-order chi connectivity index (χ1) is 14.6.